The van der Waals surface area contributed by atoms with Gasteiger partial charge in [-0.05, 0) is 50.7 Å². The van der Waals surface area contributed by atoms with E-state index in [1.54, 1.807) is 26.2 Å². The molecule has 140 valence electrons. The molecule has 0 aliphatic carbocycles. The summed E-state index contributed by atoms with van der Waals surface area (Å²) in [6, 6.07) is 5.03. The van der Waals surface area contributed by atoms with Crippen LogP contribution in [0.5, 0.6) is 11.5 Å². The van der Waals surface area contributed by atoms with Gasteiger partial charge < -0.3 is 24.8 Å². The number of thiocarbonyl (C=S) groups is 1. The van der Waals surface area contributed by atoms with Gasteiger partial charge in [-0.3, -0.25) is 0 Å². The van der Waals surface area contributed by atoms with Crippen molar-refractivity contribution in [3.8, 4) is 11.5 Å². The van der Waals surface area contributed by atoms with Crippen LogP contribution in [0.25, 0.3) is 0 Å². The maximum atomic E-state index is 12.6. The van der Waals surface area contributed by atoms with E-state index >= 15 is 0 Å². The van der Waals surface area contributed by atoms with Crippen molar-refractivity contribution >= 4 is 23.3 Å². The van der Waals surface area contributed by atoms with E-state index in [4.69, 9.17) is 26.4 Å². The highest BCUT2D eigenvalue weighted by atomic mass is 32.1. The fraction of sp³-hybridized carbons (Fsp3) is 0.368. The van der Waals surface area contributed by atoms with Crippen molar-refractivity contribution in [3.63, 3.8) is 0 Å². The molecule has 2 rings (SSSR count). The largest absolute Gasteiger partial charge is 0.493 e. The van der Waals surface area contributed by atoms with E-state index in [-0.39, 0.29) is 6.10 Å². The molecule has 0 saturated carbocycles. The Hall–Kier alpha value is -2.54. The summed E-state index contributed by atoms with van der Waals surface area (Å²) in [7, 11) is 1.56. The molecule has 1 heterocycles. The number of ether oxygens (including phenoxy) is 3. The molecule has 1 aromatic rings. The molecule has 1 atom stereocenters. The SMILES string of the molecule is C=CCOc1ccc([C@H]2NC(=S)NC(C)=C2C(=O)OC(C)C)cc1OC. The lowest BCUT2D eigenvalue weighted by atomic mass is 9.95. The third-order valence-corrected chi connectivity index (χ3v) is 3.93. The molecule has 0 radical (unpaired) electrons. The molecule has 6 nitrogen and oxygen atoms in total. The van der Waals surface area contributed by atoms with Gasteiger partial charge in [0, 0.05) is 5.70 Å². The van der Waals surface area contributed by atoms with Crippen LogP contribution in [0.3, 0.4) is 0 Å². The first-order valence-electron chi connectivity index (χ1n) is 8.28. The Morgan fingerprint density at radius 1 is 1.38 bits per heavy atom. The maximum absolute atomic E-state index is 12.6. The number of methoxy groups -OCH3 is 1. The van der Waals surface area contributed by atoms with Gasteiger partial charge in [0.1, 0.15) is 6.61 Å². The summed E-state index contributed by atoms with van der Waals surface area (Å²) in [5, 5.41) is 6.56. The number of benzene rings is 1. The van der Waals surface area contributed by atoms with Crippen molar-refractivity contribution < 1.29 is 19.0 Å². The molecule has 0 spiro atoms. The lowest BCUT2D eigenvalue weighted by Crippen LogP contribution is -2.45. The van der Waals surface area contributed by atoms with Gasteiger partial charge in [0.15, 0.2) is 16.6 Å². The summed E-state index contributed by atoms with van der Waals surface area (Å²) < 4.78 is 16.4. The number of hydrogen-bond donors (Lipinski definition) is 2. The molecule has 0 saturated heterocycles. The van der Waals surface area contributed by atoms with E-state index < -0.39 is 12.0 Å². The summed E-state index contributed by atoms with van der Waals surface area (Å²) in [4.78, 5) is 12.6. The van der Waals surface area contributed by atoms with E-state index in [0.29, 0.717) is 34.5 Å². The Kier molecular flexibility index (Phi) is 6.63. The van der Waals surface area contributed by atoms with Gasteiger partial charge in [-0.1, -0.05) is 18.7 Å². The molecule has 26 heavy (non-hydrogen) atoms. The quantitative estimate of drug-likeness (QED) is 0.431. The average Bonchev–Trinajstić information content (AvgIpc) is 2.58. The first-order valence-corrected chi connectivity index (χ1v) is 8.69. The van der Waals surface area contributed by atoms with E-state index in [9.17, 15) is 4.79 Å². The summed E-state index contributed by atoms with van der Waals surface area (Å²) in [5.74, 6) is 0.764. The highest BCUT2D eigenvalue weighted by Crippen LogP contribution is 2.34. The van der Waals surface area contributed by atoms with Crippen LogP contribution in [0.15, 0.2) is 42.1 Å². The smallest absolute Gasteiger partial charge is 0.338 e. The van der Waals surface area contributed by atoms with Crippen molar-refractivity contribution in [1.29, 1.82) is 0 Å². The first-order chi connectivity index (χ1) is 12.4. The molecular weight excluding hydrogens is 352 g/mol. The summed E-state index contributed by atoms with van der Waals surface area (Å²) in [6.45, 7) is 9.43. The van der Waals surface area contributed by atoms with Crippen molar-refractivity contribution in [2.24, 2.45) is 0 Å². The molecule has 0 unspecified atom stereocenters. The average molecular weight is 376 g/mol. The Morgan fingerprint density at radius 3 is 2.73 bits per heavy atom. The number of rotatable bonds is 7. The van der Waals surface area contributed by atoms with Crippen LogP contribution in [-0.4, -0.2) is 30.9 Å². The molecule has 0 bridgehead atoms. The van der Waals surface area contributed by atoms with Gasteiger partial charge in [0.2, 0.25) is 0 Å². The van der Waals surface area contributed by atoms with Gasteiger partial charge in [-0.15, -0.1) is 0 Å². The zero-order valence-corrected chi connectivity index (χ0v) is 16.2. The third-order valence-electron chi connectivity index (χ3n) is 3.71. The minimum atomic E-state index is -0.447. The van der Waals surface area contributed by atoms with Crippen molar-refractivity contribution in [1.82, 2.24) is 10.6 Å². The summed E-state index contributed by atoms with van der Waals surface area (Å²) in [6.07, 6.45) is 1.44. The topological polar surface area (TPSA) is 68.8 Å². The van der Waals surface area contributed by atoms with E-state index in [2.05, 4.69) is 17.2 Å². The fourth-order valence-corrected chi connectivity index (χ4v) is 2.89. The van der Waals surface area contributed by atoms with Crippen LogP contribution in [0.2, 0.25) is 0 Å². The number of carbonyl (C=O) groups excluding carboxylic acids is 1. The van der Waals surface area contributed by atoms with Crippen molar-refractivity contribution in [3.05, 3.63) is 47.7 Å². The molecule has 1 aliphatic rings. The van der Waals surface area contributed by atoms with E-state index in [1.165, 1.54) is 0 Å². The monoisotopic (exact) mass is 376 g/mol. The van der Waals surface area contributed by atoms with Crippen LogP contribution in [-0.2, 0) is 9.53 Å². The Labute approximate surface area is 159 Å². The van der Waals surface area contributed by atoms with E-state index in [0.717, 1.165) is 5.56 Å². The van der Waals surface area contributed by atoms with Crippen LogP contribution >= 0.6 is 12.2 Å². The molecule has 2 N–H and O–H groups in total. The normalized spacial score (nSPS) is 16.7. The molecule has 7 heteroatoms. The van der Waals surface area contributed by atoms with Gasteiger partial charge in [-0.25, -0.2) is 4.79 Å². The lowest BCUT2D eigenvalue weighted by molar-refractivity contribution is -0.143. The van der Waals surface area contributed by atoms with Crippen LogP contribution in [0.4, 0.5) is 0 Å². The van der Waals surface area contributed by atoms with Crippen LogP contribution < -0.4 is 20.1 Å². The predicted octanol–water partition coefficient (Wildman–Crippen LogP) is 3.00. The second-order valence-corrected chi connectivity index (χ2v) is 6.44. The highest BCUT2D eigenvalue weighted by Gasteiger charge is 2.32. The third kappa shape index (κ3) is 4.54. The number of allylic oxidation sites excluding steroid dienone is 1. The molecular formula is C19H24N2O4S. The highest BCUT2D eigenvalue weighted by molar-refractivity contribution is 7.80. The summed E-state index contributed by atoms with van der Waals surface area (Å²) in [5.41, 5.74) is 1.95. The van der Waals surface area contributed by atoms with Crippen LogP contribution in [0.1, 0.15) is 32.4 Å². The van der Waals surface area contributed by atoms with Crippen molar-refractivity contribution in [2.45, 2.75) is 32.9 Å². The molecule has 1 aliphatic heterocycles. The standard InChI is InChI=1S/C19H24N2O4S/c1-6-9-24-14-8-7-13(10-15(14)23-5)17-16(18(22)25-11(2)3)12(4)20-19(26)21-17/h6-8,10-11,17H,1,9H2,2-5H3,(H2,20,21,26)/t17-/m1/s1. The number of esters is 1. The minimum absolute atomic E-state index is 0.221. The number of carbonyl (C=O) groups is 1. The van der Waals surface area contributed by atoms with Gasteiger partial charge in [0.25, 0.3) is 0 Å². The van der Waals surface area contributed by atoms with Gasteiger partial charge in [-0.2, -0.15) is 0 Å². The Balaban J connectivity index is 2.42. The van der Waals surface area contributed by atoms with E-state index in [1.807, 2.05) is 26.0 Å². The number of hydrogen-bond acceptors (Lipinski definition) is 5. The number of nitrogens with one attached hydrogen (secondary N) is 2. The second kappa shape index (κ2) is 8.71. The molecule has 1 aromatic carbocycles. The molecule has 0 fully saturated rings. The molecule has 0 amide bonds. The van der Waals surface area contributed by atoms with Crippen LogP contribution in [0, 0.1) is 0 Å². The Morgan fingerprint density at radius 2 is 2.12 bits per heavy atom. The predicted molar refractivity (Wildman–Crippen MR) is 104 cm³/mol. The zero-order valence-electron chi connectivity index (χ0n) is 15.4. The maximum Gasteiger partial charge on any atom is 0.338 e. The van der Waals surface area contributed by atoms with Gasteiger partial charge in [0.05, 0.1) is 24.8 Å². The summed E-state index contributed by atoms with van der Waals surface area (Å²) >= 11 is 5.26. The van der Waals surface area contributed by atoms with Crippen molar-refractivity contribution in [2.75, 3.05) is 13.7 Å². The minimum Gasteiger partial charge on any atom is -0.493 e. The first kappa shape index (κ1) is 19.8. The molecule has 0 aromatic heterocycles. The fourth-order valence-electron chi connectivity index (χ4n) is 2.62. The lowest BCUT2D eigenvalue weighted by Gasteiger charge is -2.30. The zero-order chi connectivity index (χ0) is 19.3. The van der Waals surface area contributed by atoms with Gasteiger partial charge >= 0.3 is 5.97 Å². The Bertz CT molecular complexity index is 743. The second-order valence-electron chi connectivity index (χ2n) is 6.03.